The first kappa shape index (κ1) is 35.4. The van der Waals surface area contributed by atoms with Crippen LogP contribution in [-0.2, 0) is 16.3 Å². The van der Waals surface area contributed by atoms with Gasteiger partial charge in [0.05, 0.1) is 16.9 Å². The van der Waals surface area contributed by atoms with Gasteiger partial charge in [-0.25, -0.2) is 8.42 Å². The van der Waals surface area contributed by atoms with Crippen molar-refractivity contribution in [3.63, 3.8) is 0 Å². The molecule has 0 radical (unpaired) electrons. The van der Waals surface area contributed by atoms with Crippen molar-refractivity contribution in [3.05, 3.63) is 112 Å². The van der Waals surface area contributed by atoms with Crippen LogP contribution in [0.25, 0.3) is 28.0 Å². The molecule has 0 atom stereocenters. The first-order valence-electron chi connectivity index (χ1n) is 16.0. The van der Waals surface area contributed by atoms with Gasteiger partial charge in [-0.2, -0.15) is 0 Å². The van der Waals surface area contributed by atoms with Gasteiger partial charge in [-0.15, -0.1) is 0 Å². The molecule has 6 rings (SSSR count). The molecular weight excluding hydrogens is 578 g/mol. The number of nitrogens with zero attached hydrogens (tertiary/aromatic N) is 1. The van der Waals surface area contributed by atoms with Gasteiger partial charge in [-0.3, -0.25) is 14.5 Å². The van der Waals surface area contributed by atoms with Crippen LogP contribution < -0.4 is 0 Å². The Hall–Kier alpha value is -4.03. The minimum Gasteiger partial charge on any atom is -0.274 e. The number of fused-ring (bicyclic) bond motifs is 3. The van der Waals surface area contributed by atoms with Gasteiger partial charge < -0.3 is 0 Å². The molecule has 6 heteroatoms. The summed E-state index contributed by atoms with van der Waals surface area (Å²) in [6.45, 7) is 14.9. The summed E-state index contributed by atoms with van der Waals surface area (Å²) in [6.07, 6.45) is 8.36. The highest BCUT2D eigenvalue weighted by molar-refractivity contribution is 7.90. The Morgan fingerprint density at radius 1 is 0.733 bits per heavy atom. The highest BCUT2D eigenvalue weighted by atomic mass is 32.2. The number of benzene rings is 4. The Morgan fingerprint density at radius 2 is 1.31 bits per heavy atom. The molecule has 1 aliphatic heterocycles. The van der Waals surface area contributed by atoms with Gasteiger partial charge in [0.1, 0.15) is 9.84 Å². The predicted molar refractivity (Wildman–Crippen MR) is 190 cm³/mol. The molecule has 2 aliphatic rings. The number of rotatable bonds is 5. The summed E-state index contributed by atoms with van der Waals surface area (Å²) in [7, 11) is -3.07. The molecule has 4 aromatic rings. The maximum atomic E-state index is 11.9. The SMILES string of the molecule is CC.CC.CS(=O)(=O)CCCN1C(=O)c2ccccc2C1=O.Cc1ccc2c(c1-c1cc(C)c3ccccc3c1C)C=CCC2. The van der Waals surface area contributed by atoms with E-state index in [1.807, 2.05) is 27.7 Å². The fourth-order valence-corrected chi connectivity index (χ4v) is 6.52. The second kappa shape index (κ2) is 15.8. The molecule has 0 bridgehead atoms. The lowest BCUT2D eigenvalue weighted by atomic mass is 9.84. The van der Waals surface area contributed by atoms with Crippen molar-refractivity contribution in [1.29, 1.82) is 0 Å². The predicted octanol–water partition coefficient (Wildman–Crippen LogP) is 9.16. The van der Waals surface area contributed by atoms with Crippen molar-refractivity contribution < 1.29 is 18.0 Å². The number of imide groups is 1. The molecule has 0 saturated carbocycles. The van der Waals surface area contributed by atoms with E-state index < -0.39 is 9.84 Å². The van der Waals surface area contributed by atoms with Gasteiger partial charge in [0, 0.05) is 12.8 Å². The molecule has 0 aromatic heterocycles. The number of amides is 2. The molecule has 0 N–H and O–H groups in total. The lowest BCUT2D eigenvalue weighted by Crippen LogP contribution is -2.31. The average Bonchev–Trinajstić information content (AvgIpc) is 3.29. The summed E-state index contributed by atoms with van der Waals surface area (Å²) in [6, 6.07) is 22.3. The molecule has 4 aromatic carbocycles. The Balaban J connectivity index is 0.000000227. The lowest BCUT2D eigenvalue weighted by molar-refractivity contribution is 0.0654. The van der Waals surface area contributed by atoms with Gasteiger partial charge in [0.15, 0.2) is 0 Å². The number of allylic oxidation sites excluding steroid dienone is 1. The van der Waals surface area contributed by atoms with Gasteiger partial charge in [-0.05, 0) is 102 Å². The van der Waals surface area contributed by atoms with E-state index in [4.69, 9.17) is 0 Å². The number of sulfone groups is 1. The largest absolute Gasteiger partial charge is 0.274 e. The standard InChI is InChI=1S/C23H22.C12H13NO4S.2C2H6/c1-15-12-13-18-8-4-5-11-21(18)23(15)22-14-16(2)19-9-6-7-10-20(19)17(22)3;1-18(16,17)8-4-7-13-11(14)9-5-2-3-6-10(9)12(13)15;2*1-2/h5-7,9-14H,4,8H2,1-3H3;2-3,5-6H,4,7-8H2,1H3;2*1-2H3. The van der Waals surface area contributed by atoms with Crippen molar-refractivity contribution in [1.82, 2.24) is 4.90 Å². The van der Waals surface area contributed by atoms with E-state index >= 15 is 0 Å². The van der Waals surface area contributed by atoms with Crippen LogP contribution in [0.5, 0.6) is 0 Å². The number of carbonyl (C=O) groups excluding carboxylic acids is 2. The third-order valence-electron chi connectivity index (χ3n) is 7.97. The normalized spacial score (nSPS) is 13.1. The lowest BCUT2D eigenvalue weighted by Gasteiger charge is -2.21. The van der Waals surface area contributed by atoms with Crippen LogP contribution in [0.4, 0.5) is 0 Å². The second-order valence-corrected chi connectivity index (χ2v) is 13.2. The summed E-state index contributed by atoms with van der Waals surface area (Å²) < 4.78 is 22.0. The molecule has 2 amide bonds. The number of hydrogen-bond donors (Lipinski definition) is 0. The minimum absolute atomic E-state index is 0.0274. The highest BCUT2D eigenvalue weighted by Crippen LogP contribution is 2.38. The summed E-state index contributed by atoms with van der Waals surface area (Å²) in [5.41, 5.74) is 10.6. The zero-order valence-electron chi connectivity index (χ0n) is 28.0. The molecular formula is C39H47NO4S. The molecule has 45 heavy (non-hydrogen) atoms. The first-order valence-corrected chi connectivity index (χ1v) is 18.0. The Bertz CT molecular complexity index is 1780. The van der Waals surface area contributed by atoms with Crippen molar-refractivity contribution in [2.45, 2.75) is 67.7 Å². The average molecular weight is 626 g/mol. The van der Waals surface area contributed by atoms with Crippen molar-refractivity contribution >= 4 is 38.5 Å². The van der Waals surface area contributed by atoms with Crippen LogP contribution in [-0.4, -0.2) is 43.7 Å². The molecule has 1 heterocycles. The van der Waals surface area contributed by atoms with E-state index in [2.05, 4.69) is 75.4 Å². The molecule has 238 valence electrons. The van der Waals surface area contributed by atoms with E-state index in [0.29, 0.717) is 11.1 Å². The van der Waals surface area contributed by atoms with E-state index in [1.165, 1.54) is 49.7 Å². The maximum absolute atomic E-state index is 11.9. The molecule has 0 fully saturated rings. The fraction of sp³-hybridized carbons (Fsp3) is 0.333. The number of carbonyl (C=O) groups is 2. The first-order chi connectivity index (χ1) is 21.6. The molecule has 1 aliphatic carbocycles. The van der Waals surface area contributed by atoms with Crippen molar-refractivity contribution in [3.8, 4) is 11.1 Å². The number of hydrogen-bond acceptors (Lipinski definition) is 4. The summed E-state index contributed by atoms with van der Waals surface area (Å²) in [5, 5.41) is 2.74. The van der Waals surface area contributed by atoms with E-state index in [1.54, 1.807) is 24.3 Å². The van der Waals surface area contributed by atoms with E-state index in [0.717, 1.165) is 24.0 Å². The monoisotopic (exact) mass is 625 g/mol. The zero-order chi connectivity index (χ0) is 33.3. The zero-order valence-corrected chi connectivity index (χ0v) is 28.8. The summed E-state index contributed by atoms with van der Waals surface area (Å²) in [4.78, 5) is 24.9. The van der Waals surface area contributed by atoms with Crippen LogP contribution in [0.15, 0.2) is 72.8 Å². The fourth-order valence-electron chi connectivity index (χ4n) is 5.87. The van der Waals surface area contributed by atoms with Crippen LogP contribution in [0.1, 0.15) is 89.1 Å². The maximum Gasteiger partial charge on any atom is 0.261 e. The van der Waals surface area contributed by atoms with Gasteiger partial charge in [0.25, 0.3) is 11.8 Å². The van der Waals surface area contributed by atoms with Crippen LogP contribution in [0.3, 0.4) is 0 Å². The Labute approximate surface area is 269 Å². The van der Waals surface area contributed by atoms with E-state index in [-0.39, 0.29) is 30.5 Å². The summed E-state index contributed by atoms with van der Waals surface area (Å²) >= 11 is 0. The van der Waals surface area contributed by atoms with Crippen LogP contribution in [0, 0.1) is 20.8 Å². The second-order valence-electron chi connectivity index (χ2n) is 11.0. The van der Waals surface area contributed by atoms with Gasteiger partial charge in [0.2, 0.25) is 0 Å². The molecule has 0 unspecified atom stereocenters. The smallest absolute Gasteiger partial charge is 0.261 e. The van der Waals surface area contributed by atoms with Gasteiger partial charge >= 0.3 is 0 Å². The molecule has 0 spiro atoms. The minimum atomic E-state index is -3.07. The third kappa shape index (κ3) is 7.98. The Morgan fingerprint density at radius 3 is 1.91 bits per heavy atom. The third-order valence-corrected chi connectivity index (χ3v) is 9.00. The van der Waals surface area contributed by atoms with Crippen molar-refractivity contribution in [2.75, 3.05) is 18.6 Å². The van der Waals surface area contributed by atoms with Gasteiger partial charge in [-0.1, -0.05) is 94.4 Å². The van der Waals surface area contributed by atoms with Crippen LogP contribution >= 0.6 is 0 Å². The van der Waals surface area contributed by atoms with Crippen molar-refractivity contribution in [2.24, 2.45) is 0 Å². The topological polar surface area (TPSA) is 71.5 Å². The number of aryl methyl sites for hydroxylation is 4. The summed E-state index contributed by atoms with van der Waals surface area (Å²) in [5.74, 6) is -0.714. The van der Waals surface area contributed by atoms with Crippen LogP contribution in [0.2, 0.25) is 0 Å². The molecule has 0 saturated heterocycles. The van der Waals surface area contributed by atoms with E-state index in [9.17, 15) is 18.0 Å². The quantitative estimate of drug-likeness (QED) is 0.207. The molecule has 5 nitrogen and oxygen atoms in total. The Kier molecular flexibility index (Phi) is 12.5. The highest BCUT2D eigenvalue weighted by Gasteiger charge is 2.34.